The second kappa shape index (κ2) is 6.45. The summed E-state index contributed by atoms with van der Waals surface area (Å²) in [5.41, 5.74) is 0.631. The van der Waals surface area contributed by atoms with Crippen molar-refractivity contribution in [2.75, 3.05) is 12.4 Å². The number of esters is 1. The lowest BCUT2D eigenvalue weighted by Gasteiger charge is -2.14. The summed E-state index contributed by atoms with van der Waals surface area (Å²) in [6.07, 6.45) is 0.367. The molecular formula is C13H14ClN3O4S. The zero-order chi connectivity index (χ0) is 16.4. The number of thiophene rings is 1. The number of aliphatic carboxylic acids is 1. The molecule has 0 aliphatic carbocycles. The minimum absolute atomic E-state index is 0.0205. The zero-order valence-electron chi connectivity index (χ0n) is 12.1. The number of aromatic nitrogens is 2. The highest BCUT2D eigenvalue weighted by Gasteiger charge is 2.23. The molecule has 0 saturated carbocycles. The van der Waals surface area contributed by atoms with E-state index in [-0.39, 0.29) is 5.28 Å². The van der Waals surface area contributed by atoms with Gasteiger partial charge in [0, 0.05) is 0 Å². The van der Waals surface area contributed by atoms with Gasteiger partial charge in [-0.1, -0.05) is 6.92 Å². The Hall–Kier alpha value is -1.93. The number of methoxy groups -OCH3 is 1. The van der Waals surface area contributed by atoms with Crippen molar-refractivity contribution >= 4 is 50.9 Å². The van der Waals surface area contributed by atoms with Gasteiger partial charge in [0.2, 0.25) is 5.28 Å². The average molecular weight is 344 g/mol. The first kappa shape index (κ1) is 16.4. The van der Waals surface area contributed by atoms with Crippen molar-refractivity contribution in [2.24, 2.45) is 0 Å². The van der Waals surface area contributed by atoms with Gasteiger partial charge in [0.15, 0.2) is 0 Å². The fraction of sp³-hybridized carbons (Fsp3) is 0.385. The SMILES string of the molecule is CCC(Nc1nc(Cl)nc2sc(C(=O)OC)c(C)c12)C(=O)O. The number of rotatable bonds is 5. The van der Waals surface area contributed by atoms with E-state index >= 15 is 0 Å². The molecule has 2 heterocycles. The number of halogens is 1. The summed E-state index contributed by atoms with van der Waals surface area (Å²) in [6, 6.07) is -0.810. The van der Waals surface area contributed by atoms with Gasteiger partial charge in [-0.3, -0.25) is 0 Å². The van der Waals surface area contributed by atoms with Gasteiger partial charge < -0.3 is 15.2 Å². The second-order valence-electron chi connectivity index (χ2n) is 4.51. The molecule has 0 amide bonds. The van der Waals surface area contributed by atoms with E-state index in [4.69, 9.17) is 21.4 Å². The van der Waals surface area contributed by atoms with Crippen LogP contribution in [0.4, 0.5) is 5.82 Å². The maximum atomic E-state index is 11.8. The number of carboxylic acid groups (broad SMARTS) is 1. The van der Waals surface area contributed by atoms with E-state index in [1.807, 2.05) is 0 Å². The van der Waals surface area contributed by atoms with Crippen LogP contribution in [-0.4, -0.2) is 40.2 Å². The highest BCUT2D eigenvalue weighted by Crippen LogP contribution is 2.35. The van der Waals surface area contributed by atoms with Crippen LogP contribution in [0.25, 0.3) is 10.2 Å². The first-order chi connectivity index (χ1) is 10.4. The molecule has 9 heteroatoms. The predicted molar refractivity (Wildman–Crippen MR) is 83.8 cm³/mol. The number of hydrogen-bond donors (Lipinski definition) is 2. The van der Waals surface area contributed by atoms with Crippen LogP contribution in [0.2, 0.25) is 5.28 Å². The number of fused-ring (bicyclic) bond motifs is 1. The Labute approximate surface area is 135 Å². The molecule has 1 atom stereocenters. The number of carbonyl (C=O) groups is 2. The smallest absolute Gasteiger partial charge is 0.348 e. The molecule has 0 radical (unpaired) electrons. The molecule has 0 saturated heterocycles. The van der Waals surface area contributed by atoms with Crippen molar-refractivity contribution in [3.05, 3.63) is 15.7 Å². The lowest BCUT2D eigenvalue weighted by Crippen LogP contribution is -2.28. The van der Waals surface area contributed by atoms with Crippen LogP contribution in [0.1, 0.15) is 28.6 Å². The van der Waals surface area contributed by atoms with Crippen LogP contribution >= 0.6 is 22.9 Å². The van der Waals surface area contributed by atoms with Crippen LogP contribution in [0.15, 0.2) is 0 Å². The van der Waals surface area contributed by atoms with Gasteiger partial charge in [-0.2, -0.15) is 0 Å². The standard InChI is InChI=1S/C13H14ClN3O4S/c1-4-6(11(18)19)15-9-7-5(2)8(12(20)21-3)22-10(7)17-13(14)16-9/h6H,4H2,1-3H3,(H,18,19)(H,15,16,17). The summed E-state index contributed by atoms with van der Waals surface area (Å²) < 4.78 is 4.73. The molecule has 2 rings (SSSR count). The topological polar surface area (TPSA) is 101 Å². The van der Waals surface area contributed by atoms with Gasteiger partial charge in [0.1, 0.15) is 21.6 Å². The average Bonchev–Trinajstić information content (AvgIpc) is 2.80. The van der Waals surface area contributed by atoms with Crippen molar-refractivity contribution in [2.45, 2.75) is 26.3 Å². The minimum atomic E-state index is -0.994. The number of carboxylic acids is 1. The summed E-state index contributed by atoms with van der Waals surface area (Å²) >= 11 is 7.02. The van der Waals surface area contributed by atoms with Gasteiger partial charge >= 0.3 is 11.9 Å². The summed E-state index contributed by atoms with van der Waals surface area (Å²) in [5.74, 6) is -1.17. The Bertz CT molecular complexity index is 746. The summed E-state index contributed by atoms with van der Waals surface area (Å²) in [7, 11) is 1.29. The molecule has 22 heavy (non-hydrogen) atoms. The number of aryl methyl sites for hydroxylation is 1. The van der Waals surface area contributed by atoms with E-state index in [9.17, 15) is 9.59 Å². The Morgan fingerprint density at radius 2 is 2.14 bits per heavy atom. The largest absolute Gasteiger partial charge is 0.480 e. The third-order valence-electron chi connectivity index (χ3n) is 3.15. The second-order valence-corrected chi connectivity index (χ2v) is 5.85. The van der Waals surface area contributed by atoms with Gasteiger partial charge in [-0.25, -0.2) is 19.6 Å². The molecule has 1 unspecified atom stereocenters. The highest BCUT2D eigenvalue weighted by atomic mass is 35.5. The third kappa shape index (κ3) is 2.97. The molecule has 2 aromatic rings. The monoisotopic (exact) mass is 343 g/mol. The van der Waals surface area contributed by atoms with Crippen LogP contribution in [0, 0.1) is 6.92 Å². The Kier molecular flexibility index (Phi) is 4.82. The van der Waals surface area contributed by atoms with Crippen molar-refractivity contribution in [1.29, 1.82) is 0 Å². The molecular weight excluding hydrogens is 330 g/mol. The maximum Gasteiger partial charge on any atom is 0.348 e. The van der Waals surface area contributed by atoms with Gasteiger partial charge in [-0.05, 0) is 30.5 Å². The van der Waals surface area contributed by atoms with E-state index in [1.54, 1.807) is 13.8 Å². The van der Waals surface area contributed by atoms with Crippen LogP contribution in [-0.2, 0) is 9.53 Å². The first-order valence-corrected chi connectivity index (χ1v) is 7.62. The molecule has 0 spiro atoms. The molecule has 0 fully saturated rings. The van der Waals surface area contributed by atoms with Gasteiger partial charge in [-0.15, -0.1) is 11.3 Å². The number of nitrogens with one attached hydrogen (secondary N) is 1. The molecule has 0 bridgehead atoms. The number of anilines is 1. The summed E-state index contributed by atoms with van der Waals surface area (Å²) in [5, 5.41) is 12.6. The van der Waals surface area contributed by atoms with E-state index in [0.29, 0.717) is 32.9 Å². The molecule has 7 nitrogen and oxygen atoms in total. The predicted octanol–water partition coefficient (Wildman–Crippen LogP) is 2.71. The first-order valence-electron chi connectivity index (χ1n) is 6.43. The fourth-order valence-corrected chi connectivity index (χ4v) is 3.33. The highest BCUT2D eigenvalue weighted by molar-refractivity contribution is 7.20. The van der Waals surface area contributed by atoms with Crippen molar-refractivity contribution in [3.63, 3.8) is 0 Å². The molecule has 0 aliphatic heterocycles. The number of carbonyl (C=O) groups excluding carboxylic acids is 1. The number of ether oxygens (including phenoxy) is 1. The van der Waals surface area contributed by atoms with E-state index < -0.39 is 18.0 Å². The van der Waals surface area contributed by atoms with Gasteiger partial charge in [0.25, 0.3) is 0 Å². The normalized spacial score (nSPS) is 12.2. The molecule has 0 aliphatic rings. The number of hydrogen-bond acceptors (Lipinski definition) is 7. The number of nitrogens with zero attached hydrogens (tertiary/aromatic N) is 2. The van der Waals surface area contributed by atoms with Crippen molar-refractivity contribution in [1.82, 2.24) is 9.97 Å². The fourth-order valence-electron chi connectivity index (χ4n) is 2.01. The third-order valence-corrected chi connectivity index (χ3v) is 4.49. The minimum Gasteiger partial charge on any atom is -0.480 e. The Balaban J connectivity index is 2.60. The molecule has 2 aromatic heterocycles. The quantitative estimate of drug-likeness (QED) is 0.635. The maximum absolute atomic E-state index is 11.8. The van der Waals surface area contributed by atoms with Crippen LogP contribution in [0.5, 0.6) is 0 Å². The van der Waals surface area contributed by atoms with Gasteiger partial charge in [0.05, 0.1) is 12.5 Å². The molecule has 118 valence electrons. The van der Waals surface area contributed by atoms with Crippen LogP contribution in [0.3, 0.4) is 0 Å². The summed E-state index contributed by atoms with van der Waals surface area (Å²) in [4.78, 5) is 32.0. The summed E-state index contributed by atoms with van der Waals surface area (Å²) in [6.45, 7) is 3.47. The lowest BCUT2D eigenvalue weighted by atomic mass is 10.1. The van der Waals surface area contributed by atoms with Crippen molar-refractivity contribution in [3.8, 4) is 0 Å². The van der Waals surface area contributed by atoms with Crippen molar-refractivity contribution < 1.29 is 19.4 Å². The zero-order valence-corrected chi connectivity index (χ0v) is 13.7. The van der Waals surface area contributed by atoms with Crippen LogP contribution < -0.4 is 5.32 Å². The Morgan fingerprint density at radius 1 is 1.45 bits per heavy atom. The molecule has 0 aromatic carbocycles. The Morgan fingerprint density at radius 3 is 2.68 bits per heavy atom. The lowest BCUT2D eigenvalue weighted by molar-refractivity contribution is -0.137. The van der Waals surface area contributed by atoms with E-state index in [1.165, 1.54) is 7.11 Å². The molecule has 2 N–H and O–H groups in total. The van der Waals surface area contributed by atoms with E-state index in [2.05, 4.69) is 15.3 Å². The van der Waals surface area contributed by atoms with E-state index in [0.717, 1.165) is 11.3 Å².